The van der Waals surface area contributed by atoms with Gasteiger partial charge in [0.25, 0.3) is 0 Å². The molecule has 0 spiro atoms. The minimum absolute atomic E-state index is 0.0433. The monoisotopic (exact) mass is 287 g/mol. The first-order valence-corrected chi connectivity index (χ1v) is 7.75. The molecule has 1 amide bonds. The van der Waals surface area contributed by atoms with Crippen molar-refractivity contribution < 1.29 is 4.79 Å². The smallest absolute Gasteiger partial charge is 0.225 e. The Morgan fingerprint density at radius 1 is 1.20 bits per heavy atom. The molecule has 1 unspecified atom stereocenters. The van der Waals surface area contributed by atoms with Crippen molar-refractivity contribution in [2.24, 2.45) is 0 Å². The summed E-state index contributed by atoms with van der Waals surface area (Å²) in [7, 11) is 0. The number of rotatable bonds is 4. The Morgan fingerprint density at radius 2 is 1.90 bits per heavy atom. The lowest BCUT2D eigenvalue weighted by atomic mass is 9.96. The maximum absolute atomic E-state index is 12.1. The van der Waals surface area contributed by atoms with E-state index in [0.717, 1.165) is 4.88 Å². The van der Waals surface area contributed by atoms with E-state index in [1.54, 1.807) is 11.3 Å². The molecule has 0 aliphatic carbocycles. The summed E-state index contributed by atoms with van der Waals surface area (Å²) in [5, 5.41) is 5.09. The van der Waals surface area contributed by atoms with Crippen LogP contribution in [0.5, 0.6) is 0 Å². The van der Waals surface area contributed by atoms with Crippen LogP contribution in [0.15, 0.2) is 29.6 Å². The molecule has 1 atom stereocenters. The number of nitrogens with one attached hydrogen (secondary N) is 1. The highest BCUT2D eigenvalue weighted by atomic mass is 32.1. The van der Waals surface area contributed by atoms with Crippen molar-refractivity contribution >= 4 is 17.2 Å². The zero-order valence-electron chi connectivity index (χ0n) is 12.5. The van der Waals surface area contributed by atoms with Crippen LogP contribution in [0.25, 0.3) is 0 Å². The Labute approximate surface area is 124 Å². The molecule has 106 valence electrons. The van der Waals surface area contributed by atoms with Gasteiger partial charge in [-0.05, 0) is 61.4 Å². The fourth-order valence-corrected chi connectivity index (χ4v) is 3.09. The van der Waals surface area contributed by atoms with E-state index in [0.29, 0.717) is 6.42 Å². The van der Waals surface area contributed by atoms with Gasteiger partial charge < -0.3 is 5.32 Å². The number of aryl methyl sites for hydroxylation is 3. The molecule has 0 radical (unpaired) electrons. The normalized spacial score (nSPS) is 12.2. The van der Waals surface area contributed by atoms with E-state index >= 15 is 0 Å². The Morgan fingerprint density at radius 3 is 2.55 bits per heavy atom. The maximum atomic E-state index is 12.1. The van der Waals surface area contributed by atoms with Crippen LogP contribution in [0, 0.1) is 20.8 Å². The molecule has 1 N–H and O–H groups in total. The first-order chi connectivity index (χ1) is 9.47. The molecule has 0 saturated carbocycles. The van der Waals surface area contributed by atoms with Gasteiger partial charge in [-0.2, -0.15) is 0 Å². The minimum atomic E-state index is 0.0433. The molecule has 1 aromatic carbocycles. The summed E-state index contributed by atoms with van der Waals surface area (Å²) in [6.07, 6.45) is 0.464. The largest absolute Gasteiger partial charge is 0.349 e. The van der Waals surface area contributed by atoms with Gasteiger partial charge in [0.05, 0.1) is 12.5 Å². The summed E-state index contributed by atoms with van der Waals surface area (Å²) in [4.78, 5) is 13.2. The lowest BCUT2D eigenvalue weighted by Gasteiger charge is -2.18. The van der Waals surface area contributed by atoms with Crippen molar-refractivity contribution in [2.45, 2.75) is 40.2 Å². The van der Waals surface area contributed by atoms with Gasteiger partial charge in [-0.25, -0.2) is 0 Å². The first-order valence-electron chi connectivity index (χ1n) is 6.87. The van der Waals surface area contributed by atoms with Gasteiger partial charge in [0.1, 0.15) is 0 Å². The second kappa shape index (κ2) is 6.23. The van der Waals surface area contributed by atoms with E-state index in [1.165, 1.54) is 22.3 Å². The van der Waals surface area contributed by atoms with E-state index < -0.39 is 0 Å². The van der Waals surface area contributed by atoms with Crippen molar-refractivity contribution in [3.63, 3.8) is 0 Å². The molecular weight excluding hydrogens is 266 g/mol. The number of hydrogen-bond donors (Lipinski definition) is 1. The molecule has 20 heavy (non-hydrogen) atoms. The third kappa shape index (κ3) is 3.48. The van der Waals surface area contributed by atoms with E-state index in [-0.39, 0.29) is 11.9 Å². The summed E-state index contributed by atoms with van der Waals surface area (Å²) in [5.41, 5.74) is 5.00. The second-order valence-electron chi connectivity index (χ2n) is 5.34. The summed E-state index contributed by atoms with van der Waals surface area (Å²) in [6.45, 7) is 8.37. The number of amides is 1. The van der Waals surface area contributed by atoms with Gasteiger partial charge in [0.2, 0.25) is 5.91 Å². The summed E-state index contributed by atoms with van der Waals surface area (Å²) in [5.74, 6) is 0.0811. The molecule has 2 nitrogen and oxygen atoms in total. The molecule has 1 heterocycles. The average Bonchev–Trinajstić information content (AvgIpc) is 2.86. The molecule has 2 rings (SSSR count). The van der Waals surface area contributed by atoms with E-state index in [4.69, 9.17) is 0 Å². The Balaban J connectivity index is 2.06. The van der Waals surface area contributed by atoms with Crippen molar-refractivity contribution in [3.05, 3.63) is 56.8 Å². The number of carbonyl (C=O) groups is 1. The Bertz CT molecular complexity index is 602. The molecule has 0 bridgehead atoms. The van der Waals surface area contributed by atoms with Crippen molar-refractivity contribution in [1.29, 1.82) is 0 Å². The summed E-state index contributed by atoms with van der Waals surface area (Å²) < 4.78 is 0. The molecule has 0 fully saturated rings. The number of carbonyl (C=O) groups excluding carboxylic acids is 1. The minimum Gasteiger partial charge on any atom is -0.349 e. The molecule has 1 aromatic heterocycles. The lowest BCUT2D eigenvalue weighted by Crippen LogP contribution is -2.28. The van der Waals surface area contributed by atoms with Gasteiger partial charge in [-0.1, -0.05) is 18.2 Å². The van der Waals surface area contributed by atoms with Crippen LogP contribution in [0.2, 0.25) is 0 Å². The third-order valence-corrected chi connectivity index (χ3v) is 4.52. The van der Waals surface area contributed by atoms with Gasteiger partial charge in [0, 0.05) is 4.88 Å². The maximum Gasteiger partial charge on any atom is 0.225 e. The van der Waals surface area contributed by atoms with Crippen molar-refractivity contribution in [2.75, 3.05) is 0 Å². The Hall–Kier alpha value is -1.61. The summed E-state index contributed by atoms with van der Waals surface area (Å²) in [6, 6.07) is 8.38. The van der Waals surface area contributed by atoms with Crippen LogP contribution in [0.3, 0.4) is 0 Å². The highest BCUT2D eigenvalue weighted by Crippen LogP contribution is 2.21. The topological polar surface area (TPSA) is 29.1 Å². The zero-order valence-corrected chi connectivity index (χ0v) is 13.3. The predicted molar refractivity (Wildman–Crippen MR) is 85.2 cm³/mol. The molecule has 3 heteroatoms. The highest BCUT2D eigenvalue weighted by Gasteiger charge is 2.13. The molecule has 0 aliphatic rings. The van der Waals surface area contributed by atoms with Gasteiger partial charge in [-0.3, -0.25) is 4.79 Å². The zero-order chi connectivity index (χ0) is 14.7. The SMILES string of the molecule is Cc1cc(C)c(C(C)NC(=O)Cc2cccs2)cc1C. The van der Waals surface area contributed by atoms with Crippen LogP contribution >= 0.6 is 11.3 Å². The first kappa shape index (κ1) is 14.8. The van der Waals surface area contributed by atoms with Gasteiger partial charge in [0.15, 0.2) is 0 Å². The molecule has 2 aromatic rings. The van der Waals surface area contributed by atoms with Crippen LogP contribution in [-0.2, 0) is 11.2 Å². The van der Waals surface area contributed by atoms with Gasteiger partial charge in [-0.15, -0.1) is 11.3 Å². The number of thiophene rings is 1. The van der Waals surface area contributed by atoms with Crippen LogP contribution in [0.1, 0.15) is 40.1 Å². The molecule has 0 saturated heterocycles. The Kier molecular flexibility index (Phi) is 4.61. The number of benzene rings is 1. The average molecular weight is 287 g/mol. The quantitative estimate of drug-likeness (QED) is 0.901. The molecular formula is C17H21NOS. The van der Waals surface area contributed by atoms with Crippen LogP contribution < -0.4 is 5.32 Å². The van der Waals surface area contributed by atoms with Crippen LogP contribution in [-0.4, -0.2) is 5.91 Å². The predicted octanol–water partition coefficient (Wildman–Crippen LogP) is 4.09. The van der Waals surface area contributed by atoms with E-state index in [9.17, 15) is 4.79 Å². The highest BCUT2D eigenvalue weighted by molar-refractivity contribution is 7.10. The fraction of sp³-hybridized carbons (Fsp3) is 0.353. The number of hydrogen-bond acceptors (Lipinski definition) is 2. The molecule has 0 aliphatic heterocycles. The standard InChI is InChI=1S/C17H21NOS/c1-11-8-13(3)16(9-12(11)2)14(4)18-17(19)10-15-6-5-7-20-15/h5-9,14H,10H2,1-4H3,(H,18,19). The third-order valence-electron chi connectivity index (χ3n) is 3.64. The fourth-order valence-electron chi connectivity index (χ4n) is 2.39. The summed E-state index contributed by atoms with van der Waals surface area (Å²) >= 11 is 1.62. The lowest BCUT2D eigenvalue weighted by molar-refractivity contribution is -0.121. The van der Waals surface area contributed by atoms with E-state index in [2.05, 4.69) is 38.2 Å². The van der Waals surface area contributed by atoms with Crippen molar-refractivity contribution in [1.82, 2.24) is 5.32 Å². The van der Waals surface area contributed by atoms with E-state index in [1.807, 2.05) is 24.4 Å². The van der Waals surface area contributed by atoms with Gasteiger partial charge >= 0.3 is 0 Å². The van der Waals surface area contributed by atoms with Crippen molar-refractivity contribution in [3.8, 4) is 0 Å². The second-order valence-corrected chi connectivity index (χ2v) is 6.37. The van der Waals surface area contributed by atoms with Crippen LogP contribution in [0.4, 0.5) is 0 Å².